The van der Waals surface area contributed by atoms with E-state index >= 15 is 0 Å². The van der Waals surface area contributed by atoms with E-state index in [1.165, 1.54) is 0 Å². The van der Waals surface area contributed by atoms with Crippen LogP contribution in [0.2, 0.25) is 0 Å². The number of anilines is 1. The van der Waals surface area contributed by atoms with Gasteiger partial charge in [0.05, 0.1) is 6.04 Å². The number of ketones is 1. The summed E-state index contributed by atoms with van der Waals surface area (Å²) in [6.07, 6.45) is 0. The topological polar surface area (TPSA) is 29.1 Å². The molecule has 68 valence electrons. The van der Waals surface area contributed by atoms with Gasteiger partial charge in [0.25, 0.3) is 0 Å². The molecule has 2 nitrogen and oxygen atoms in total. The second-order valence-electron chi connectivity index (χ2n) is 3.78. The molecule has 1 aliphatic heterocycles. The fourth-order valence-corrected chi connectivity index (χ4v) is 1.69. The molecule has 0 aliphatic carbocycles. The van der Waals surface area contributed by atoms with Gasteiger partial charge >= 0.3 is 0 Å². The molecule has 0 fully saturated rings. The van der Waals surface area contributed by atoms with Gasteiger partial charge in [0, 0.05) is 11.3 Å². The number of rotatable bonds is 1. The molecule has 1 unspecified atom stereocenters. The summed E-state index contributed by atoms with van der Waals surface area (Å²) in [5, 5.41) is 3.23. The smallest absolute Gasteiger partial charge is 0.187 e. The van der Waals surface area contributed by atoms with Gasteiger partial charge in [-0.1, -0.05) is 26.0 Å². The summed E-state index contributed by atoms with van der Waals surface area (Å²) >= 11 is 0. The van der Waals surface area contributed by atoms with Gasteiger partial charge in [-0.25, -0.2) is 0 Å². The van der Waals surface area contributed by atoms with Crippen LogP contribution < -0.4 is 5.32 Å². The lowest BCUT2D eigenvalue weighted by Gasteiger charge is -2.13. The highest BCUT2D eigenvalue weighted by atomic mass is 16.1. The molecule has 0 radical (unpaired) electrons. The minimum atomic E-state index is -0.0302. The molecule has 0 saturated carbocycles. The molecule has 0 aromatic heterocycles. The van der Waals surface area contributed by atoms with Crippen LogP contribution in [-0.4, -0.2) is 11.8 Å². The summed E-state index contributed by atoms with van der Waals surface area (Å²) in [6, 6.07) is 7.66. The Bertz CT molecular complexity index is 344. The molecule has 1 atom stereocenters. The van der Waals surface area contributed by atoms with E-state index in [0.717, 1.165) is 11.3 Å². The van der Waals surface area contributed by atoms with Gasteiger partial charge in [-0.2, -0.15) is 0 Å². The van der Waals surface area contributed by atoms with Crippen molar-refractivity contribution >= 4 is 11.5 Å². The Kier molecular flexibility index (Phi) is 1.83. The van der Waals surface area contributed by atoms with Crippen molar-refractivity contribution in [3.05, 3.63) is 29.8 Å². The van der Waals surface area contributed by atoms with Crippen molar-refractivity contribution in [3.8, 4) is 0 Å². The number of carbonyl (C=O) groups excluding carboxylic acids is 1. The lowest BCUT2D eigenvalue weighted by Crippen LogP contribution is -2.28. The first-order valence-corrected chi connectivity index (χ1v) is 4.60. The van der Waals surface area contributed by atoms with Crippen LogP contribution in [-0.2, 0) is 0 Å². The first-order chi connectivity index (χ1) is 6.20. The number of para-hydroxylation sites is 1. The zero-order valence-corrected chi connectivity index (χ0v) is 7.87. The predicted molar refractivity (Wildman–Crippen MR) is 53.0 cm³/mol. The van der Waals surface area contributed by atoms with Crippen LogP contribution in [0.25, 0.3) is 0 Å². The average Bonchev–Trinajstić information content (AvgIpc) is 2.45. The van der Waals surface area contributed by atoms with Gasteiger partial charge in [-0.3, -0.25) is 4.79 Å². The molecule has 0 bridgehead atoms. The number of carbonyl (C=O) groups is 1. The van der Waals surface area contributed by atoms with Crippen LogP contribution in [0.15, 0.2) is 24.3 Å². The Hall–Kier alpha value is -1.31. The molecular weight excluding hydrogens is 162 g/mol. The highest BCUT2D eigenvalue weighted by Crippen LogP contribution is 2.28. The summed E-state index contributed by atoms with van der Waals surface area (Å²) in [5.41, 5.74) is 1.81. The number of Topliss-reactive ketones (excluding diaryl/α,β-unsaturated/α-hetero) is 1. The highest BCUT2D eigenvalue weighted by molar-refractivity contribution is 6.10. The van der Waals surface area contributed by atoms with Crippen LogP contribution in [0, 0.1) is 5.92 Å². The van der Waals surface area contributed by atoms with Crippen LogP contribution in [0.1, 0.15) is 24.2 Å². The summed E-state index contributed by atoms with van der Waals surface area (Å²) in [6.45, 7) is 4.11. The van der Waals surface area contributed by atoms with E-state index < -0.39 is 0 Å². The molecule has 1 N–H and O–H groups in total. The van der Waals surface area contributed by atoms with E-state index in [1.807, 2.05) is 24.3 Å². The lowest BCUT2D eigenvalue weighted by atomic mass is 9.99. The van der Waals surface area contributed by atoms with Crippen molar-refractivity contribution in [2.75, 3.05) is 5.32 Å². The van der Waals surface area contributed by atoms with Crippen molar-refractivity contribution in [2.45, 2.75) is 19.9 Å². The van der Waals surface area contributed by atoms with E-state index in [4.69, 9.17) is 0 Å². The van der Waals surface area contributed by atoms with Gasteiger partial charge in [-0.15, -0.1) is 0 Å². The fraction of sp³-hybridized carbons (Fsp3) is 0.364. The number of benzene rings is 1. The van der Waals surface area contributed by atoms with Gasteiger partial charge < -0.3 is 5.32 Å². The first kappa shape index (κ1) is 8.30. The molecule has 1 aliphatic rings. The molecule has 13 heavy (non-hydrogen) atoms. The second kappa shape index (κ2) is 2.87. The minimum absolute atomic E-state index is 0.0302. The van der Waals surface area contributed by atoms with Crippen LogP contribution in [0.3, 0.4) is 0 Å². The Labute approximate surface area is 78.0 Å². The number of nitrogens with one attached hydrogen (secondary N) is 1. The van der Waals surface area contributed by atoms with E-state index in [0.29, 0.717) is 5.92 Å². The van der Waals surface area contributed by atoms with Crippen molar-refractivity contribution in [2.24, 2.45) is 5.92 Å². The Morgan fingerprint density at radius 2 is 2.00 bits per heavy atom. The van der Waals surface area contributed by atoms with Crippen molar-refractivity contribution in [1.29, 1.82) is 0 Å². The number of hydrogen-bond acceptors (Lipinski definition) is 2. The van der Waals surface area contributed by atoms with Gasteiger partial charge in [-0.05, 0) is 18.1 Å². The predicted octanol–water partition coefficient (Wildman–Crippen LogP) is 2.32. The molecule has 0 amide bonds. The number of fused-ring (bicyclic) bond motifs is 1. The molecule has 0 spiro atoms. The maximum Gasteiger partial charge on any atom is 0.187 e. The van der Waals surface area contributed by atoms with Gasteiger partial charge in [0.2, 0.25) is 0 Å². The number of hydrogen-bond donors (Lipinski definition) is 1. The molecule has 1 aromatic carbocycles. The molecule has 1 aromatic rings. The molecule has 1 heterocycles. The summed E-state index contributed by atoms with van der Waals surface area (Å²) in [7, 11) is 0. The van der Waals surface area contributed by atoms with Gasteiger partial charge in [0.15, 0.2) is 5.78 Å². The van der Waals surface area contributed by atoms with Crippen molar-refractivity contribution < 1.29 is 4.79 Å². The zero-order valence-electron chi connectivity index (χ0n) is 7.87. The molecular formula is C11H13NO. The Morgan fingerprint density at radius 3 is 2.62 bits per heavy atom. The normalized spacial score (nSPS) is 20.2. The highest BCUT2D eigenvalue weighted by Gasteiger charge is 2.31. The second-order valence-corrected chi connectivity index (χ2v) is 3.78. The fourth-order valence-electron chi connectivity index (χ4n) is 1.69. The van der Waals surface area contributed by atoms with E-state index in [2.05, 4.69) is 19.2 Å². The van der Waals surface area contributed by atoms with E-state index in [1.54, 1.807) is 0 Å². The lowest BCUT2D eigenvalue weighted by molar-refractivity contribution is 0.0962. The largest absolute Gasteiger partial charge is 0.374 e. The van der Waals surface area contributed by atoms with E-state index in [-0.39, 0.29) is 11.8 Å². The Balaban J connectivity index is 2.38. The van der Waals surface area contributed by atoms with Gasteiger partial charge in [0.1, 0.15) is 0 Å². The SMILES string of the molecule is CC(C)C1Nc2ccccc2C1=O. The monoisotopic (exact) mass is 175 g/mol. The quantitative estimate of drug-likeness (QED) is 0.709. The standard InChI is InChI=1S/C11H13NO/c1-7(2)10-11(13)8-5-3-4-6-9(8)12-10/h3-7,10,12H,1-2H3. The maximum atomic E-state index is 11.8. The van der Waals surface area contributed by atoms with E-state index in [9.17, 15) is 4.79 Å². The van der Waals surface area contributed by atoms with Crippen molar-refractivity contribution in [3.63, 3.8) is 0 Å². The first-order valence-electron chi connectivity index (χ1n) is 4.60. The molecule has 2 rings (SSSR count). The average molecular weight is 175 g/mol. The summed E-state index contributed by atoms with van der Waals surface area (Å²) in [5.74, 6) is 0.575. The van der Waals surface area contributed by atoms with Crippen molar-refractivity contribution in [1.82, 2.24) is 0 Å². The summed E-state index contributed by atoms with van der Waals surface area (Å²) < 4.78 is 0. The molecule has 0 saturated heterocycles. The van der Waals surface area contributed by atoms with Crippen LogP contribution >= 0.6 is 0 Å². The van der Waals surface area contributed by atoms with Crippen LogP contribution in [0.5, 0.6) is 0 Å². The third-order valence-corrected chi connectivity index (χ3v) is 2.45. The minimum Gasteiger partial charge on any atom is -0.374 e. The summed E-state index contributed by atoms with van der Waals surface area (Å²) in [4.78, 5) is 11.8. The van der Waals surface area contributed by atoms with Crippen LogP contribution in [0.4, 0.5) is 5.69 Å². The third-order valence-electron chi connectivity index (χ3n) is 2.45. The maximum absolute atomic E-state index is 11.8. The Morgan fingerprint density at radius 1 is 1.31 bits per heavy atom. The third kappa shape index (κ3) is 1.22. The molecule has 2 heteroatoms. The zero-order chi connectivity index (χ0) is 9.42.